The Hall–Kier alpha value is -3.30. The molecule has 28 heavy (non-hydrogen) atoms. The molecule has 5 N–H and O–H groups in total. The van der Waals surface area contributed by atoms with Crippen LogP contribution in [0.15, 0.2) is 47.7 Å². The lowest BCUT2D eigenvalue weighted by Gasteiger charge is -2.27. The van der Waals surface area contributed by atoms with Crippen LogP contribution in [-0.2, 0) is 15.1 Å². The summed E-state index contributed by atoms with van der Waals surface area (Å²) in [6.45, 7) is 0.0731. The van der Waals surface area contributed by atoms with Gasteiger partial charge in [-0.05, 0) is 23.8 Å². The lowest BCUT2D eigenvalue weighted by Crippen LogP contribution is -2.58. The Labute approximate surface area is 165 Å². The molecule has 1 aromatic carbocycles. The number of nitrogens with zero attached hydrogens (tertiary/aromatic N) is 2. The number of hydrogen-bond donors (Lipinski definition) is 4. The smallest absolute Gasteiger partial charge is 0.267 e. The highest BCUT2D eigenvalue weighted by Crippen LogP contribution is 2.28. The van der Waals surface area contributed by atoms with E-state index in [0.29, 0.717) is 11.3 Å². The third-order valence-electron chi connectivity index (χ3n) is 4.34. The lowest BCUT2D eigenvalue weighted by molar-refractivity contribution is -0.123. The predicted octanol–water partition coefficient (Wildman–Crippen LogP) is 0.416. The van der Waals surface area contributed by atoms with Crippen molar-refractivity contribution in [1.82, 2.24) is 15.6 Å². The van der Waals surface area contributed by atoms with Crippen LogP contribution < -0.4 is 21.7 Å². The van der Waals surface area contributed by atoms with Gasteiger partial charge < -0.3 is 16.4 Å². The summed E-state index contributed by atoms with van der Waals surface area (Å²) in [6, 6.07) is 7.86. The molecule has 1 aliphatic heterocycles. The summed E-state index contributed by atoms with van der Waals surface area (Å²) in [5.41, 5.74) is 5.17. The van der Waals surface area contributed by atoms with Crippen molar-refractivity contribution in [2.45, 2.75) is 5.54 Å². The van der Waals surface area contributed by atoms with E-state index in [1.165, 1.54) is 25.5 Å². The fourth-order valence-electron chi connectivity index (χ4n) is 2.93. The molecule has 1 aliphatic rings. The molecular weight excluding hydrogens is 384 g/mol. The Balaban J connectivity index is 1.88. The molecule has 10 heteroatoms. The van der Waals surface area contributed by atoms with Gasteiger partial charge in [-0.1, -0.05) is 23.7 Å². The van der Waals surface area contributed by atoms with Crippen molar-refractivity contribution in [3.8, 4) is 0 Å². The largest absolute Gasteiger partial charge is 0.367 e. The number of pyridine rings is 1. The van der Waals surface area contributed by atoms with E-state index in [1.54, 1.807) is 24.3 Å². The first-order valence-electron chi connectivity index (χ1n) is 8.23. The molecule has 3 amide bonds. The number of nitrogens with two attached hydrogens (primary N) is 1. The zero-order valence-electron chi connectivity index (χ0n) is 14.8. The van der Waals surface area contributed by atoms with Crippen molar-refractivity contribution in [2.75, 3.05) is 19.0 Å². The van der Waals surface area contributed by atoms with E-state index in [0.717, 1.165) is 0 Å². The molecule has 9 nitrogen and oxygen atoms in total. The van der Waals surface area contributed by atoms with Gasteiger partial charge in [0.25, 0.3) is 11.8 Å². The Bertz CT molecular complexity index is 976. The summed E-state index contributed by atoms with van der Waals surface area (Å²) in [6.07, 6.45) is 2.85. The zero-order valence-corrected chi connectivity index (χ0v) is 15.6. The Morgan fingerprint density at radius 2 is 1.89 bits per heavy atom. The van der Waals surface area contributed by atoms with Crippen LogP contribution in [0.25, 0.3) is 0 Å². The minimum atomic E-state index is -1.55. The molecule has 144 valence electrons. The first kappa shape index (κ1) is 19.5. The number of hydrogen-bond acceptors (Lipinski definition) is 6. The third-order valence-corrected chi connectivity index (χ3v) is 4.67. The first-order chi connectivity index (χ1) is 13.4. The van der Waals surface area contributed by atoms with Crippen LogP contribution in [0.5, 0.6) is 0 Å². The molecule has 0 bridgehead atoms. The number of carbonyl (C=O) groups excluding carboxylic acids is 3. The zero-order chi connectivity index (χ0) is 20.3. The highest BCUT2D eigenvalue weighted by Gasteiger charge is 2.49. The average molecular weight is 401 g/mol. The van der Waals surface area contributed by atoms with Gasteiger partial charge in [0, 0.05) is 25.1 Å². The number of carbonyl (C=O) groups is 3. The van der Waals surface area contributed by atoms with Crippen LogP contribution >= 0.6 is 11.6 Å². The molecule has 1 unspecified atom stereocenters. The van der Waals surface area contributed by atoms with Crippen LogP contribution in [0.2, 0.25) is 5.02 Å². The molecule has 2 heterocycles. The number of benzene rings is 1. The fourth-order valence-corrected chi connectivity index (χ4v) is 3.12. The Morgan fingerprint density at radius 3 is 2.50 bits per heavy atom. The van der Waals surface area contributed by atoms with Crippen LogP contribution in [0.4, 0.5) is 5.69 Å². The van der Waals surface area contributed by atoms with Crippen LogP contribution in [0, 0.1) is 0 Å². The van der Waals surface area contributed by atoms with E-state index in [1.807, 2.05) is 0 Å². The molecule has 0 saturated heterocycles. The third kappa shape index (κ3) is 3.32. The summed E-state index contributed by atoms with van der Waals surface area (Å²) in [7, 11) is 1.44. The van der Waals surface area contributed by atoms with Gasteiger partial charge in [0.2, 0.25) is 5.91 Å². The predicted molar refractivity (Wildman–Crippen MR) is 104 cm³/mol. The van der Waals surface area contributed by atoms with Crippen LogP contribution in [0.3, 0.4) is 0 Å². The van der Waals surface area contributed by atoms with Crippen LogP contribution in [0.1, 0.15) is 15.9 Å². The van der Waals surface area contributed by atoms with E-state index in [2.05, 4.69) is 25.9 Å². The molecule has 0 radical (unpaired) electrons. The second-order valence-electron chi connectivity index (χ2n) is 5.92. The molecule has 0 saturated carbocycles. The normalized spacial score (nSPS) is 18.3. The molecule has 3 rings (SSSR count). The second kappa shape index (κ2) is 7.75. The number of aliphatic imine (C=N–C) groups is 1. The van der Waals surface area contributed by atoms with E-state index in [-0.39, 0.29) is 23.0 Å². The molecule has 0 fully saturated rings. The van der Waals surface area contributed by atoms with Gasteiger partial charge in [-0.2, -0.15) is 0 Å². The number of amides is 3. The maximum atomic E-state index is 12.3. The van der Waals surface area contributed by atoms with Gasteiger partial charge in [0.1, 0.15) is 5.71 Å². The van der Waals surface area contributed by atoms with Gasteiger partial charge in [0.05, 0.1) is 17.3 Å². The summed E-state index contributed by atoms with van der Waals surface area (Å²) in [5, 5.41) is 8.32. The summed E-state index contributed by atoms with van der Waals surface area (Å²) >= 11 is 6.00. The van der Waals surface area contributed by atoms with Gasteiger partial charge in [0.15, 0.2) is 5.54 Å². The Morgan fingerprint density at radius 1 is 1.18 bits per heavy atom. The summed E-state index contributed by atoms with van der Waals surface area (Å²) in [4.78, 5) is 44.7. The molecular formula is C18H17ClN6O3. The highest BCUT2D eigenvalue weighted by molar-refractivity contribution is 6.47. The fraction of sp³-hybridized carbons (Fsp3) is 0.167. The summed E-state index contributed by atoms with van der Waals surface area (Å²) < 4.78 is 0. The van der Waals surface area contributed by atoms with E-state index >= 15 is 0 Å². The number of nitrogens with one attached hydrogen (secondary N) is 3. The van der Waals surface area contributed by atoms with Crippen LogP contribution in [-0.4, -0.2) is 42.1 Å². The quantitative estimate of drug-likeness (QED) is 0.576. The number of anilines is 1. The van der Waals surface area contributed by atoms with Gasteiger partial charge in [-0.15, -0.1) is 0 Å². The van der Waals surface area contributed by atoms with E-state index < -0.39 is 23.3 Å². The standard InChI is InChI=1S/C18H17ClN6O3/c1-21-16(27)14-18(17(20)28,24-9-23-14)10-2-4-11(5-3-10)25-15(26)12-8-22-7-6-13(12)19/h2-8,24H,9H2,1H3,(H2,20,28)(H,21,27)(H,25,26). The maximum absolute atomic E-state index is 12.3. The number of aromatic nitrogens is 1. The molecule has 0 spiro atoms. The minimum absolute atomic E-state index is 0.0126. The van der Waals surface area contributed by atoms with Crippen molar-refractivity contribution in [3.63, 3.8) is 0 Å². The number of primary amides is 1. The number of halogens is 1. The van der Waals surface area contributed by atoms with E-state index in [9.17, 15) is 14.4 Å². The van der Waals surface area contributed by atoms with Crippen molar-refractivity contribution < 1.29 is 14.4 Å². The van der Waals surface area contributed by atoms with Crippen molar-refractivity contribution >= 4 is 40.7 Å². The molecule has 0 aliphatic carbocycles. The van der Waals surface area contributed by atoms with Crippen molar-refractivity contribution in [1.29, 1.82) is 0 Å². The first-order valence-corrected chi connectivity index (χ1v) is 8.61. The molecule has 2 aromatic rings. The maximum Gasteiger partial charge on any atom is 0.267 e. The highest BCUT2D eigenvalue weighted by atomic mass is 35.5. The monoisotopic (exact) mass is 400 g/mol. The molecule has 1 atom stereocenters. The Kier molecular flexibility index (Phi) is 5.39. The molecule has 1 aromatic heterocycles. The SMILES string of the molecule is CNC(=O)C1=NCNC1(C(N)=O)c1ccc(NC(=O)c2cnccc2Cl)cc1. The summed E-state index contributed by atoms with van der Waals surface area (Å²) in [5.74, 6) is -1.69. The van der Waals surface area contributed by atoms with Gasteiger partial charge in [-0.25, -0.2) is 0 Å². The van der Waals surface area contributed by atoms with Gasteiger partial charge in [-0.3, -0.25) is 29.7 Å². The van der Waals surface area contributed by atoms with Gasteiger partial charge >= 0.3 is 0 Å². The average Bonchev–Trinajstić information content (AvgIpc) is 3.14. The number of rotatable bonds is 5. The van der Waals surface area contributed by atoms with Crippen molar-refractivity contribution in [3.05, 3.63) is 58.9 Å². The van der Waals surface area contributed by atoms with E-state index in [4.69, 9.17) is 17.3 Å². The second-order valence-corrected chi connectivity index (χ2v) is 6.33. The lowest BCUT2D eigenvalue weighted by atomic mass is 9.84. The minimum Gasteiger partial charge on any atom is -0.367 e. The topological polar surface area (TPSA) is 139 Å². The van der Waals surface area contributed by atoms with Crippen molar-refractivity contribution in [2.24, 2.45) is 10.7 Å².